The molecule has 0 radical (unpaired) electrons. The highest BCUT2D eigenvalue weighted by Crippen LogP contribution is 2.27. The summed E-state index contributed by atoms with van der Waals surface area (Å²) in [5, 5.41) is 2.96. The third-order valence-corrected chi connectivity index (χ3v) is 4.09. The van der Waals surface area contributed by atoms with Crippen molar-refractivity contribution < 1.29 is 14.3 Å². The van der Waals surface area contributed by atoms with E-state index in [4.69, 9.17) is 9.47 Å². The summed E-state index contributed by atoms with van der Waals surface area (Å²) >= 11 is 0. The molecule has 2 rings (SSSR count). The molecule has 1 N–H and O–H groups in total. The van der Waals surface area contributed by atoms with E-state index in [9.17, 15) is 4.79 Å². The van der Waals surface area contributed by atoms with Crippen LogP contribution in [0.3, 0.4) is 0 Å². The molecule has 0 spiro atoms. The van der Waals surface area contributed by atoms with Crippen LogP contribution in [0, 0.1) is 20.8 Å². The Balaban J connectivity index is 1.94. The minimum atomic E-state index is -0.164. The number of nitrogens with one attached hydrogen (secondary N) is 1. The molecule has 2 aromatic rings. The van der Waals surface area contributed by atoms with Crippen molar-refractivity contribution in [2.24, 2.45) is 0 Å². The number of benzene rings is 2. The van der Waals surface area contributed by atoms with E-state index in [1.807, 2.05) is 38.1 Å². The highest BCUT2D eigenvalue weighted by atomic mass is 16.5. The second-order valence-corrected chi connectivity index (χ2v) is 6.08. The summed E-state index contributed by atoms with van der Waals surface area (Å²) in [7, 11) is 1.59. The number of ether oxygens (including phenoxy) is 2. The molecule has 0 aromatic heterocycles. The Morgan fingerprint density at radius 3 is 2.46 bits per heavy atom. The molecule has 128 valence electrons. The molecule has 0 saturated heterocycles. The number of carbonyl (C=O) groups excluding carboxylic acids is 1. The number of aryl methyl sites for hydroxylation is 3. The number of hydrogen-bond acceptors (Lipinski definition) is 3. The molecule has 0 aliphatic carbocycles. The van der Waals surface area contributed by atoms with E-state index in [0.717, 1.165) is 11.1 Å². The Kier molecular flexibility index (Phi) is 5.85. The molecule has 0 heterocycles. The van der Waals surface area contributed by atoms with Gasteiger partial charge in [0.05, 0.1) is 13.2 Å². The molecule has 2 aromatic carbocycles. The van der Waals surface area contributed by atoms with Crippen molar-refractivity contribution in [1.82, 2.24) is 5.32 Å². The van der Waals surface area contributed by atoms with Crippen molar-refractivity contribution in [1.29, 1.82) is 0 Å². The summed E-state index contributed by atoms with van der Waals surface area (Å²) in [6.45, 7) is 8.04. The predicted molar refractivity (Wildman–Crippen MR) is 95.7 cm³/mol. The topological polar surface area (TPSA) is 47.6 Å². The fourth-order valence-corrected chi connectivity index (χ4v) is 2.44. The van der Waals surface area contributed by atoms with Gasteiger partial charge in [-0.2, -0.15) is 0 Å². The second kappa shape index (κ2) is 7.86. The molecular formula is C20H25NO3. The molecule has 0 saturated carbocycles. The quantitative estimate of drug-likeness (QED) is 0.876. The molecule has 24 heavy (non-hydrogen) atoms. The maximum absolute atomic E-state index is 12.1. The lowest BCUT2D eigenvalue weighted by Gasteiger charge is -2.16. The van der Waals surface area contributed by atoms with Gasteiger partial charge in [-0.05, 0) is 62.1 Å². The average Bonchev–Trinajstić information content (AvgIpc) is 2.55. The first kappa shape index (κ1) is 17.9. The van der Waals surface area contributed by atoms with E-state index < -0.39 is 0 Å². The standard InChI is InChI=1S/C20H25NO3/c1-13-6-9-18(19(10-13)23-5)24-12-20(22)21-16(4)17-8-7-14(2)15(3)11-17/h6-11,16H,12H2,1-5H3,(H,21,22). The second-order valence-electron chi connectivity index (χ2n) is 6.08. The van der Waals surface area contributed by atoms with Crippen LogP contribution in [0.4, 0.5) is 0 Å². The monoisotopic (exact) mass is 327 g/mol. The van der Waals surface area contributed by atoms with Crippen LogP contribution < -0.4 is 14.8 Å². The number of methoxy groups -OCH3 is 1. The number of hydrogen-bond donors (Lipinski definition) is 1. The molecule has 4 nitrogen and oxygen atoms in total. The van der Waals surface area contributed by atoms with Gasteiger partial charge >= 0.3 is 0 Å². The van der Waals surface area contributed by atoms with E-state index in [1.54, 1.807) is 7.11 Å². The Morgan fingerprint density at radius 1 is 1.04 bits per heavy atom. The average molecular weight is 327 g/mol. The molecule has 4 heteroatoms. The summed E-state index contributed by atoms with van der Waals surface area (Å²) in [6, 6.07) is 11.8. The molecule has 1 amide bonds. The minimum Gasteiger partial charge on any atom is -0.493 e. The molecular weight excluding hydrogens is 302 g/mol. The number of rotatable bonds is 6. The van der Waals surface area contributed by atoms with Gasteiger partial charge in [-0.15, -0.1) is 0 Å². The maximum atomic E-state index is 12.1. The molecule has 0 aliphatic heterocycles. The van der Waals surface area contributed by atoms with Gasteiger partial charge in [-0.3, -0.25) is 4.79 Å². The van der Waals surface area contributed by atoms with Crippen molar-refractivity contribution in [3.8, 4) is 11.5 Å². The first-order valence-corrected chi connectivity index (χ1v) is 8.04. The maximum Gasteiger partial charge on any atom is 0.258 e. The Bertz CT molecular complexity index is 725. The van der Waals surface area contributed by atoms with E-state index in [1.165, 1.54) is 11.1 Å². The lowest BCUT2D eigenvalue weighted by Crippen LogP contribution is -2.31. The van der Waals surface area contributed by atoms with Crippen LogP contribution in [0.25, 0.3) is 0 Å². The SMILES string of the molecule is COc1cc(C)ccc1OCC(=O)NC(C)c1ccc(C)c(C)c1. The van der Waals surface area contributed by atoms with Gasteiger partial charge < -0.3 is 14.8 Å². The third kappa shape index (κ3) is 4.51. The van der Waals surface area contributed by atoms with E-state index in [-0.39, 0.29) is 18.6 Å². The van der Waals surface area contributed by atoms with Crippen LogP contribution >= 0.6 is 0 Å². The van der Waals surface area contributed by atoms with Gasteiger partial charge in [0.1, 0.15) is 0 Å². The zero-order valence-corrected chi connectivity index (χ0v) is 15.0. The number of amides is 1. The third-order valence-electron chi connectivity index (χ3n) is 4.09. The van der Waals surface area contributed by atoms with Gasteiger partial charge in [0, 0.05) is 0 Å². The van der Waals surface area contributed by atoms with Crippen LogP contribution in [-0.2, 0) is 4.79 Å². The Morgan fingerprint density at radius 2 is 1.79 bits per heavy atom. The minimum absolute atomic E-state index is 0.0470. The summed E-state index contributed by atoms with van der Waals surface area (Å²) in [6.07, 6.45) is 0. The first-order chi connectivity index (χ1) is 11.4. The fraction of sp³-hybridized carbons (Fsp3) is 0.350. The van der Waals surface area contributed by atoms with Gasteiger partial charge in [0.2, 0.25) is 0 Å². The zero-order chi connectivity index (χ0) is 17.7. The smallest absolute Gasteiger partial charge is 0.258 e. The molecule has 1 atom stereocenters. The fourth-order valence-electron chi connectivity index (χ4n) is 2.44. The Hall–Kier alpha value is -2.49. The summed E-state index contributed by atoms with van der Waals surface area (Å²) in [4.78, 5) is 12.1. The highest BCUT2D eigenvalue weighted by molar-refractivity contribution is 5.78. The van der Waals surface area contributed by atoms with Crippen molar-refractivity contribution in [2.45, 2.75) is 33.7 Å². The normalized spacial score (nSPS) is 11.7. The van der Waals surface area contributed by atoms with Gasteiger partial charge in [-0.1, -0.05) is 24.3 Å². The van der Waals surface area contributed by atoms with Crippen LogP contribution in [0.2, 0.25) is 0 Å². The zero-order valence-electron chi connectivity index (χ0n) is 15.0. The Labute approximate surface area is 143 Å². The molecule has 1 unspecified atom stereocenters. The van der Waals surface area contributed by atoms with Crippen molar-refractivity contribution in [2.75, 3.05) is 13.7 Å². The molecule has 0 fully saturated rings. The predicted octanol–water partition coefficient (Wildman–Crippen LogP) is 3.88. The van der Waals surface area contributed by atoms with Crippen molar-refractivity contribution in [3.05, 3.63) is 58.7 Å². The molecule has 0 aliphatic rings. The first-order valence-electron chi connectivity index (χ1n) is 8.04. The van der Waals surface area contributed by atoms with Crippen LogP contribution in [0.15, 0.2) is 36.4 Å². The van der Waals surface area contributed by atoms with Gasteiger partial charge in [0.15, 0.2) is 18.1 Å². The van der Waals surface area contributed by atoms with Crippen LogP contribution in [-0.4, -0.2) is 19.6 Å². The lowest BCUT2D eigenvalue weighted by molar-refractivity contribution is -0.123. The highest BCUT2D eigenvalue weighted by Gasteiger charge is 2.12. The van der Waals surface area contributed by atoms with E-state index in [0.29, 0.717) is 11.5 Å². The van der Waals surface area contributed by atoms with Crippen LogP contribution in [0.5, 0.6) is 11.5 Å². The van der Waals surface area contributed by atoms with Crippen molar-refractivity contribution in [3.63, 3.8) is 0 Å². The van der Waals surface area contributed by atoms with Gasteiger partial charge in [-0.25, -0.2) is 0 Å². The summed E-state index contributed by atoms with van der Waals surface area (Å²) < 4.78 is 10.9. The number of carbonyl (C=O) groups is 1. The molecule has 0 bridgehead atoms. The van der Waals surface area contributed by atoms with E-state index >= 15 is 0 Å². The lowest BCUT2D eigenvalue weighted by atomic mass is 10.0. The van der Waals surface area contributed by atoms with Crippen LogP contribution in [0.1, 0.15) is 35.2 Å². The summed E-state index contributed by atoms with van der Waals surface area (Å²) in [5.74, 6) is 1.03. The van der Waals surface area contributed by atoms with E-state index in [2.05, 4.69) is 31.3 Å². The van der Waals surface area contributed by atoms with Gasteiger partial charge in [0.25, 0.3) is 5.91 Å². The largest absolute Gasteiger partial charge is 0.493 e. The van der Waals surface area contributed by atoms with Crippen molar-refractivity contribution >= 4 is 5.91 Å². The summed E-state index contributed by atoms with van der Waals surface area (Å²) in [5.41, 5.74) is 4.62.